The molecule has 0 heterocycles. The van der Waals surface area contributed by atoms with Crippen molar-refractivity contribution in [2.45, 2.75) is 50.2 Å². The SMILES string of the molecule is CN(C(=O)CS(=O)(=O)COc1ccc(Cl)cc1Cl)C1CCC2CC3CC(O)(C2)CC31. The van der Waals surface area contributed by atoms with Gasteiger partial charge in [0.1, 0.15) is 11.5 Å². The Morgan fingerprint density at radius 2 is 2.03 bits per heavy atom. The molecule has 3 fully saturated rings. The second-order valence-electron chi connectivity index (χ2n) is 9.24. The molecule has 3 aliphatic rings. The third-order valence-electron chi connectivity index (χ3n) is 7.06. The molecule has 0 spiro atoms. The van der Waals surface area contributed by atoms with Crippen LogP contribution in [0.4, 0.5) is 0 Å². The van der Waals surface area contributed by atoms with Crippen molar-refractivity contribution in [1.82, 2.24) is 4.90 Å². The fourth-order valence-electron chi connectivity index (χ4n) is 5.84. The molecular formula is C21H27Cl2NO5S. The van der Waals surface area contributed by atoms with Crippen LogP contribution in [0.1, 0.15) is 38.5 Å². The lowest BCUT2D eigenvalue weighted by atomic mass is 9.77. The van der Waals surface area contributed by atoms with E-state index in [2.05, 4.69) is 0 Å². The van der Waals surface area contributed by atoms with Gasteiger partial charge in [-0.25, -0.2) is 8.42 Å². The third-order valence-corrected chi connectivity index (χ3v) is 8.75. The average molecular weight is 476 g/mol. The van der Waals surface area contributed by atoms with E-state index in [9.17, 15) is 18.3 Å². The molecule has 4 rings (SSSR count). The molecule has 0 radical (unpaired) electrons. The second-order valence-corrected chi connectivity index (χ2v) is 12.1. The van der Waals surface area contributed by atoms with Gasteiger partial charge in [0, 0.05) is 18.1 Å². The van der Waals surface area contributed by atoms with Gasteiger partial charge in [-0.2, -0.15) is 0 Å². The van der Waals surface area contributed by atoms with Crippen molar-refractivity contribution in [3.8, 4) is 5.75 Å². The summed E-state index contributed by atoms with van der Waals surface area (Å²) in [5.74, 6) is -0.308. The molecule has 30 heavy (non-hydrogen) atoms. The molecule has 3 bridgehead atoms. The number of benzene rings is 1. The summed E-state index contributed by atoms with van der Waals surface area (Å²) in [6, 6.07) is 4.49. The summed E-state index contributed by atoms with van der Waals surface area (Å²) in [5, 5.41) is 11.5. The summed E-state index contributed by atoms with van der Waals surface area (Å²) >= 11 is 11.8. The van der Waals surface area contributed by atoms with Gasteiger partial charge >= 0.3 is 0 Å². The van der Waals surface area contributed by atoms with Crippen molar-refractivity contribution in [2.24, 2.45) is 17.8 Å². The topological polar surface area (TPSA) is 83.9 Å². The number of amides is 1. The molecule has 1 aromatic rings. The van der Waals surface area contributed by atoms with Crippen LogP contribution in [0.25, 0.3) is 0 Å². The fraction of sp³-hybridized carbons (Fsp3) is 0.667. The number of hydrogen-bond donors (Lipinski definition) is 1. The largest absolute Gasteiger partial charge is 0.476 e. The molecule has 0 aliphatic heterocycles. The zero-order valence-corrected chi connectivity index (χ0v) is 19.2. The third kappa shape index (κ3) is 4.59. The van der Waals surface area contributed by atoms with E-state index >= 15 is 0 Å². The standard InChI is InChI=1S/C21H27Cl2NO5S/c1-24(18-4-2-13-6-14-9-21(26,8-13)10-16(14)18)20(25)11-30(27,28)12-29-19-5-3-15(22)7-17(19)23/h3,5,7,13-14,16,18,26H,2,4,6,8-12H2,1H3. The van der Waals surface area contributed by atoms with Crippen LogP contribution in [-0.2, 0) is 14.6 Å². The summed E-state index contributed by atoms with van der Waals surface area (Å²) in [4.78, 5) is 14.4. The van der Waals surface area contributed by atoms with Gasteiger partial charge in [-0.1, -0.05) is 23.2 Å². The Bertz CT molecular complexity index is 939. The number of fused-ring (bicyclic) bond motifs is 2. The quantitative estimate of drug-likeness (QED) is 0.679. The maximum Gasteiger partial charge on any atom is 0.237 e. The number of carbonyl (C=O) groups is 1. The molecule has 5 atom stereocenters. The Labute approximate surface area is 187 Å². The number of carbonyl (C=O) groups excluding carboxylic acids is 1. The normalized spacial score (nSPS) is 32.7. The van der Waals surface area contributed by atoms with Crippen LogP contribution >= 0.6 is 23.2 Å². The van der Waals surface area contributed by atoms with Gasteiger partial charge in [0.05, 0.1) is 10.6 Å². The van der Waals surface area contributed by atoms with Gasteiger partial charge in [-0.05, 0) is 74.5 Å². The maximum atomic E-state index is 12.8. The van der Waals surface area contributed by atoms with E-state index in [4.69, 9.17) is 27.9 Å². The molecule has 1 N–H and O–H groups in total. The maximum absolute atomic E-state index is 12.8. The minimum absolute atomic E-state index is 0.0244. The molecule has 0 aromatic heterocycles. The number of halogens is 2. The van der Waals surface area contributed by atoms with Crippen LogP contribution in [-0.4, -0.2) is 54.7 Å². The summed E-state index contributed by atoms with van der Waals surface area (Å²) in [6.07, 6.45) is 5.33. The predicted molar refractivity (Wildman–Crippen MR) is 115 cm³/mol. The van der Waals surface area contributed by atoms with Crippen molar-refractivity contribution in [3.05, 3.63) is 28.2 Å². The fourth-order valence-corrected chi connectivity index (χ4v) is 7.27. The first-order valence-electron chi connectivity index (χ1n) is 10.3. The number of ether oxygens (including phenoxy) is 1. The van der Waals surface area contributed by atoms with E-state index in [0.29, 0.717) is 23.3 Å². The summed E-state index contributed by atoms with van der Waals surface area (Å²) in [6.45, 7) is 0. The predicted octanol–water partition coefficient (Wildman–Crippen LogP) is 3.53. The van der Waals surface area contributed by atoms with Crippen LogP contribution < -0.4 is 4.74 Å². The Balaban J connectivity index is 1.39. The molecule has 3 saturated carbocycles. The minimum atomic E-state index is -3.79. The van der Waals surface area contributed by atoms with Crippen molar-refractivity contribution < 1.29 is 23.1 Å². The smallest absolute Gasteiger partial charge is 0.237 e. The summed E-state index contributed by atoms with van der Waals surface area (Å²) in [7, 11) is -2.10. The first-order valence-corrected chi connectivity index (χ1v) is 12.9. The number of sulfone groups is 1. The first-order chi connectivity index (χ1) is 14.1. The molecule has 166 valence electrons. The molecule has 5 unspecified atom stereocenters. The van der Waals surface area contributed by atoms with E-state index in [-0.39, 0.29) is 22.7 Å². The van der Waals surface area contributed by atoms with Crippen LogP contribution in [0.15, 0.2) is 18.2 Å². The van der Waals surface area contributed by atoms with Crippen LogP contribution in [0.3, 0.4) is 0 Å². The lowest BCUT2D eigenvalue weighted by molar-refractivity contribution is -0.130. The summed E-state index contributed by atoms with van der Waals surface area (Å²) < 4.78 is 30.3. The van der Waals surface area contributed by atoms with E-state index in [0.717, 1.165) is 32.1 Å². The highest BCUT2D eigenvalue weighted by atomic mass is 35.5. The molecular weight excluding hydrogens is 449 g/mol. The lowest BCUT2D eigenvalue weighted by Crippen LogP contribution is -2.45. The Morgan fingerprint density at radius 1 is 1.27 bits per heavy atom. The zero-order chi connectivity index (χ0) is 21.7. The highest BCUT2D eigenvalue weighted by Crippen LogP contribution is 2.56. The Morgan fingerprint density at radius 3 is 2.77 bits per heavy atom. The molecule has 3 aliphatic carbocycles. The van der Waals surface area contributed by atoms with Gasteiger partial charge < -0.3 is 14.7 Å². The lowest BCUT2D eigenvalue weighted by Gasteiger charge is -2.36. The van der Waals surface area contributed by atoms with Crippen molar-refractivity contribution in [3.63, 3.8) is 0 Å². The number of hydrogen-bond acceptors (Lipinski definition) is 5. The van der Waals surface area contributed by atoms with Gasteiger partial charge in [-0.3, -0.25) is 4.79 Å². The Hall–Kier alpha value is -1.02. The molecule has 1 amide bonds. The van der Waals surface area contributed by atoms with E-state index in [1.807, 2.05) is 0 Å². The monoisotopic (exact) mass is 475 g/mol. The van der Waals surface area contributed by atoms with Crippen molar-refractivity contribution in [2.75, 3.05) is 18.7 Å². The molecule has 0 saturated heterocycles. The first kappa shape index (κ1) is 22.2. The van der Waals surface area contributed by atoms with Crippen molar-refractivity contribution in [1.29, 1.82) is 0 Å². The van der Waals surface area contributed by atoms with Crippen LogP contribution in [0.2, 0.25) is 10.0 Å². The van der Waals surface area contributed by atoms with Gasteiger partial charge in [-0.15, -0.1) is 0 Å². The minimum Gasteiger partial charge on any atom is -0.476 e. The zero-order valence-electron chi connectivity index (χ0n) is 16.9. The average Bonchev–Trinajstić information content (AvgIpc) is 2.81. The van der Waals surface area contributed by atoms with Crippen LogP contribution in [0.5, 0.6) is 5.75 Å². The van der Waals surface area contributed by atoms with Crippen LogP contribution in [0, 0.1) is 17.8 Å². The molecule has 6 nitrogen and oxygen atoms in total. The van der Waals surface area contributed by atoms with E-state index in [1.54, 1.807) is 18.0 Å². The number of rotatable bonds is 6. The Kier molecular flexibility index (Phi) is 6.03. The highest BCUT2D eigenvalue weighted by molar-refractivity contribution is 7.91. The molecule has 9 heteroatoms. The van der Waals surface area contributed by atoms with E-state index < -0.39 is 33.0 Å². The second kappa shape index (κ2) is 8.15. The number of nitrogens with zero attached hydrogens (tertiary/aromatic N) is 1. The van der Waals surface area contributed by atoms with Gasteiger partial charge in [0.2, 0.25) is 5.91 Å². The van der Waals surface area contributed by atoms with Crippen molar-refractivity contribution >= 4 is 38.9 Å². The van der Waals surface area contributed by atoms with E-state index in [1.165, 1.54) is 12.1 Å². The van der Waals surface area contributed by atoms with Gasteiger partial charge in [0.15, 0.2) is 15.8 Å². The highest BCUT2D eigenvalue weighted by Gasteiger charge is 2.54. The van der Waals surface area contributed by atoms with Gasteiger partial charge in [0.25, 0.3) is 0 Å². The molecule has 1 aromatic carbocycles. The number of aliphatic hydroxyl groups is 1. The summed E-state index contributed by atoms with van der Waals surface area (Å²) in [5.41, 5.74) is -0.599.